The van der Waals surface area contributed by atoms with Crippen LogP contribution in [-0.4, -0.2) is 43.7 Å². The third-order valence-corrected chi connectivity index (χ3v) is 7.65. The summed E-state index contributed by atoms with van der Waals surface area (Å²) >= 11 is 0. The minimum atomic E-state index is -3.82. The highest BCUT2D eigenvalue weighted by Crippen LogP contribution is 2.30. The average Bonchev–Trinajstić information content (AvgIpc) is 3.21. The minimum Gasteiger partial charge on any atom is -0.350 e. The monoisotopic (exact) mass is 443 g/mol. The van der Waals surface area contributed by atoms with E-state index in [-0.39, 0.29) is 23.9 Å². The fourth-order valence-corrected chi connectivity index (χ4v) is 6.20. The van der Waals surface area contributed by atoms with Crippen molar-refractivity contribution in [3.8, 4) is 0 Å². The van der Waals surface area contributed by atoms with E-state index in [1.807, 2.05) is 49.4 Å². The lowest BCUT2D eigenvalue weighted by Crippen LogP contribution is -2.48. The number of carbonyl (C=O) groups is 2. The van der Waals surface area contributed by atoms with Crippen molar-refractivity contribution in [3.05, 3.63) is 64.7 Å². The van der Waals surface area contributed by atoms with E-state index in [0.29, 0.717) is 30.5 Å². The smallest absolute Gasteiger partial charge is 0.244 e. The second-order valence-corrected chi connectivity index (χ2v) is 9.81. The highest BCUT2D eigenvalue weighted by molar-refractivity contribution is 7.89. The summed E-state index contributed by atoms with van der Waals surface area (Å²) in [5.74, 6) is -0.770. The second kappa shape index (κ2) is 9.62. The van der Waals surface area contributed by atoms with Gasteiger partial charge < -0.3 is 10.6 Å². The van der Waals surface area contributed by atoms with Gasteiger partial charge in [-0.05, 0) is 50.3 Å². The molecule has 2 aromatic carbocycles. The lowest BCUT2D eigenvalue weighted by atomic mass is 10.1. The first kappa shape index (κ1) is 23.0. The summed E-state index contributed by atoms with van der Waals surface area (Å²) in [6.45, 7) is 5.92. The first-order chi connectivity index (χ1) is 14.7. The largest absolute Gasteiger partial charge is 0.350 e. The van der Waals surface area contributed by atoms with Crippen molar-refractivity contribution in [2.45, 2.75) is 51.1 Å². The fraction of sp³-hybridized carbons (Fsp3) is 0.391. The zero-order valence-electron chi connectivity index (χ0n) is 18.1. The molecule has 3 rings (SSSR count). The van der Waals surface area contributed by atoms with Gasteiger partial charge in [-0.15, -0.1) is 0 Å². The molecule has 0 saturated carbocycles. The first-order valence-corrected chi connectivity index (χ1v) is 11.8. The summed E-state index contributed by atoms with van der Waals surface area (Å²) in [5, 5.41) is 5.34. The Morgan fingerprint density at radius 2 is 1.68 bits per heavy atom. The Balaban J connectivity index is 1.64. The molecule has 0 aromatic heterocycles. The van der Waals surface area contributed by atoms with E-state index < -0.39 is 22.0 Å². The molecule has 2 N–H and O–H groups in total. The van der Waals surface area contributed by atoms with Gasteiger partial charge in [-0.25, -0.2) is 8.42 Å². The molecule has 0 bridgehead atoms. The van der Waals surface area contributed by atoms with Crippen LogP contribution in [0.1, 0.15) is 35.1 Å². The van der Waals surface area contributed by atoms with Gasteiger partial charge in [0.2, 0.25) is 21.8 Å². The van der Waals surface area contributed by atoms with Gasteiger partial charge in [0, 0.05) is 13.1 Å². The third-order valence-electron chi connectivity index (χ3n) is 5.43. The molecule has 0 spiro atoms. The number of hydrogen-bond acceptors (Lipinski definition) is 4. The van der Waals surface area contributed by atoms with E-state index in [1.54, 1.807) is 13.8 Å². The van der Waals surface area contributed by atoms with Gasteiger partial charge in [0.25, 0.3) is 0 Å². The average molecular weight is 444 g/mol. The lowest BCUT2D eigenvalue weighted by Gasteiger charge is -2.25. The van der Waals surface area contributed by atoms with Gasteiger partial charge in [-0.1, -0.05) is 48.0 Å². The van der Waals surface area contributed by atoms with Crippen molar-refractivity contribution in [2.75, 3.05) is 13.1 Å². The second-order valence-electron chi connectivity index (χ2n) is 7.98. The molecule has 2 aromatic rings. The molecule has 1 heterocycles. The molecule has 1 fully saturated rings. The van der Waals surface area contributed by atoms with E-state index in [4.69, 9.17) is 0 Å². The van der Waals surface area contributed by atoms with Crippen LogP contribution >= 0.6 is 0 Å². The highest BCUT2D eigenvalue weighted by atomic mass is 32.2. The summed E-state index contributed by atoms with van der Waals surface area (Å²) < 4.78 is 28.0. The molecule has 1 saturated heterocycles. The van der Waals surface area contributed by atoms with Gasteiger partial charge in [-0.3, -0.25) is 9.59 Å². The Bertz CT molecular complexity index is 1040. The maximum Gasteiger partial charge on any atom is 0.244 e. The number of amides is 2. The quantitative estimate of drug-likeness (QED) is 0.686. The number of carbonyl (C=O) groups excluding carboxylic acids is 2. The summed E-state index contributed by atoms with van der Waals surface area (Å²) in [4.78, 5) is 25.1. The standard InChI is InChI=1S/C23H29N3O4S/c1-16-12-17(2)22(18(3)13-16)31(29,30)26-11-7-10-20(26)23(28)25-15-21(27)24-14-19-8-5-4-6-9-19/h4-6,8-9,12-13,20H,7,10-11,14-15H2,1-3H3,(H,24,27)(H,25,28). The van der Waals surface area contributed by atoms with Crippen LogP contribution in [0.5, 0.6) is 0 Å². The van der Waals surface area contributed by atoms with Crippen molar-refractivity contribution in [1.29, 1.82) is 0 Å². The van der Waals surface area contributed by atoms with Crippen molar-refractivity contribution < 1.29 is 18.0 Å². The van der Waals surface area contributed by atoms with Gasteiger partial charge in [-0.2, -0.15) is 4.31 Å². The number of nitrogens with zero attached hydrogens (tertiary/aromatic N) is 1. The normalized spacial score (nSPS) is 16.8. The number of aryl methyl sites for hydroxylation is 3. The molecule has 1 aliphatic heterocycles. The summed E-state index contributed by atoms with van der Waals surface area (Å²) in [7, 11) is -3.82. The third kappa shape index (κ3) is 5.32. The molecule has 1 atom stereocenters. The van der Waals surface area contributed by atoms with Crippen LogP contribution in [0.25, 0.3) is 0 Å². The van der Waals surface area contributed by atoms with Crippen molar-refractivity contribution >= 4 is 21.8 Å². The molecule has 1 aliphatic rings. The zero-order valence-corrected chi connectivity index (χ0v) is 19.0. The van der Waals surface area contributed by atoms with E-state index in [1.165, 1.54) is 4.31 Å². The SMILES string of the molecule is Cc1cc(C)c(S(=O)(=O)N2CCCC2C(=O)NCC(=O)NCc2ccccc2)c(C)c1. The molecule has 31 heavy (non-hydrogen) atoms. The first-order valence-electron chi connectivity index (χ1n) is 10.4. The van der Waals surface area contributed by atoms with Gasteiger partial charge >= 0.3 is 0 Å². The van der Waals surface area contributed by atoms with Crippen LogP contribution in [0.3, 0.4) is 0 Å². The molecule has 7 nitrogen and oxygen atoms in total. The van der Waals surface area contributed by atoms with Crippen molar-refractivity contribution in [2.24, 2.45) is 0 Å². The summed E-state index contributed by atoms with van der Waals surface area (Å²) in [5.41, 5.74) is 3.29. The molecule has 0 radical (unpaired) electrons. The molecule has 1 unspecified atom stereocenters. The molecular formula is C23H29N3O4S. The van der Waals surface area contributed by atoms with Crippen LogP contribution < -0.4 is 10.6 Å². The summed E-state index contributed by atoms with van der Waals surface area (Å²) in [6, 6.07) is 12.3. The number of hydrogen-bond donors (Lipinski definition) is 2. The van der Waals surface area contributed by atoms with Crippen molar-refractivity contribution in [3.63, 3.8) is 0 Å². The Morgan fingerprint density at radius 1 is 1.03 bits per heavy atom. The number of nitrogens with one attached hydrogen (secondary N) is 2. The topological polar surface area (TPSA) is 95.6 Å². The Hall–Kier alpha value is -2.71. The molecule has 8 heteroatoms. The van der Waals surface area contributed by atoms with E-state index in [0.717, 1.165) is 11.1 Å². The van der Waals surface area contributed by atoms with Gasteiger partial charge in [0.1, 0.15) is 6.04 Å². The molecular weight excluding hydrogens is 414 g/mol. The Kier molecular flexibility index (Phi) is 7.12. The minimum absolute atomic E-state index is 0.196. The van der Waals surface area contributed by atoms with Gasteiger partial charge in [0.05, 0.1) is 11.4 Å². The van der Waals surface area contributed by atoms with Crippen LogP contribution in [-0.2, 0) is 26.2 Å². The lowest BCUT2D eigenvalue weighted by molar-refractivity contribution is -0.128. The number of benzene rings is 2. The van der Waals surface area contributed by atoms with Crippen LogP contribution in [0.15, 0.2) is 47.4 Å². The predicted octanol–water partition coefficient (Wildman–Crippen LogP) is 2.20. The zero-order chi connectivity index (χ0) is 22.6. The predicted molar refractivity (Wildman–Crippen MR) is 119 cm³/mol. The number of rotatable bonds is 7. The maximum atomic E-state index is 13.4. The Labute approximate surface area is 183 Å². The van der Waals surface area contributed by atoms with Crippen LogP contribution in [0, 0.1) is 20.8 Å². The molecule has 166 valence electrons. The van der Waals surface area contributed by atoms with Crippen LogP contribution in [0.4, 0.5) is 0 Å². The molecule has 0 aliphatic carbocycles. The maximum absolute atomic E-state index is 13.4. The van der Waals surface area contributed by atoms with Crippen molar-refractivity contribution in [1.82, 2.24) is 14.9 Å². The molecule has 2 amide bonds. The number of sulfonamides is 1. The Morgan fingerprint density at radius 3 is 2.32 bits per heavy atom. The van der Waals surface area contributed by atoms with Gasteiger partial charge in [0.15, 0.2) is 0 Å². The van der Waals surface area contributed by atoms with Crippen LogP contribution in [0.2, 0.25) is 0 Å². The highest BCUT2D eigenvalue weighted by Gasteiger charge is 2.40. The fourth-order valence-electron chi connectivity index (χ4n) is 4.12. The van der Waals surface area contributed by atoms with E-state index in [2.05, 4.69) is 10.6 Å². The van der Waals surface area contributed by atoms with E-state index in [9.17, 15) is 18.0 Å². The van der Waals surface area contributed by atoms with E-state index >= 15 is 0 Å². The summed E-state index contributed by atoms with van der Waals surface area (Å²) in [6.07, 6.45) is 1.03.